The maximum Gasteiger partial charge on any atom is 0.311 e. The van der Waals surface area contributed by atoms with E-state index in [9.17, 15) is 27.2 Å². The van der Waals surface area contributed by atoms with Gasteiger partial charge in [-0.3, -0.25) is 9.59 Å². The van der Waals surface area contributed by atoms with Gasteiger partial charge < -0.3 is 9.47 Å². The van der Waals surface area contributed by atoms with Crippen LogP contribution in [0.5, 0.6) is 11.5 Å². The van der Waals surface area contributed by atoms with Crippen molar-refractivity contribution in [3.05, 3.63) is 96.1 Å². The van der Waals surface area contributed by atoms with Gasteiger partial charge in [-0.1, -0.05) is 37.8 Å². The molecule has 0 unspecified atom stereocenters. The lowest BCUT2D eigenvalue weighted by molar-refractivity contribution is -0.135. The zero-order chi connectivity index (χ0) is 31.1. The average Bonchev–Trinajstić information content (AvgIpc) is 2.99. The Kier molecular flexibility index (Phi) is 9.79. The number of benzene rings is 4. The summed E-state index contributed by atoms with van der Waals surface area (Å²) in [6.07, 6.45) is 5.08. The maximum absolute atomic E-state index is 14.5. The number of nitrogens with zero attached hydrogens (tertiary/aromatic N) is 2. The molecule has 6 nitrogen and oxygen atoms in total. The van der Waals surface area contributed by atoms with E-state index in [0.717, 1.165) is 43.9 Å². The zero-order valence-corrected chi connectivity index (χ0v) is 23.6. The van der Waals surface area contributed by atoms with Gasteiger partial charge in [0, 0.05) is 42.7 Å². The molecule has 0 saturated carbocycles. The minimum Gasteiger partial charge on any atom is -0.426 e. The third kappa shape index (κ3) is 7.94. The lowest BCUT2D eigenvalue weighted by Gasteiger charge is -2.08. The number of carbonyl (C=O) groups is 2. The summed E-state index contributed by atoms with van der Waals surface area (Å²) >= 11 is 0. The van der Waals surface area contributed by atoms with Crippen molar-refractivity contribution >= 4 is 34.0 Å². The molecule has 4 aromatic carbocycles. The van der Waals surface area contributed by atoms with E-state index in [1.54, 1.807) is 12.1 Å². The van der Waals surface area contributed by atoms with Crippen molar-refractivity contribution in [2.75, 3.05) is 0 Å². The summed E-state index contributed by atoms with van der Waals surface area (Å²) in [7, 11) is 0. The molecule has 0 N–H and O–H groups in total. The second-order valence-corrected chi connectivity index (χ2v) is 10.3. The first kappa shape index (κ1) is 30.6. The van der Waals surface area contributed by atoms with E-state index in [0.29, 0.717) is 29.4 Å². The monoisotopic (exact) mass is 604 g/mol. The highest BCUT2D eigenvalue weighted by Crippen LogP contribution is 2.27. The molecule has 0 atom stereocenters. The van der Waals surface area contributed by atoms with Crippen LogP contribution in [0.2, 0.25) is 0 Å². The van der Waals surface area contributed by atoms with E-state index < -0.39 is 35.2 Å². The van der Waals surface area contributed by atoms with Gasteiger partial charge >= 0.3 is 11.9 Å². The number of ether oxygens (including phenoxy) is 2. The average molecular weight is 605 g/mol. The number of rotatable bonds is 12. The molecule has 0 aliphatic rings. The summed E-state index contributed by atoms with van der Waals surface area (Å²) in [5.41, 5.74) is 2.08. The topological polar surface area (TPSA) is 78.4 Å². The SMILES string of the molecule is O=C(CCCCCCCCC(=O)Oc1ccc2nc3cc(F)c(F)cc3nc2c1)Oc1ccc(-c2ccc(F)cc2)c(F)c1. The summed E-state index contributed by atoms with van der Waals surface area (Å²) in [5, 5.41) is 0. The third-order valence-electron chi connectivity index (χ3n) is 7.02. The lowest BCUT2D eigenvalue weighted by atomic mass is 10.1. The maximum atomic E-state index is 14.5. The summed E-state index contributed by atoms with van der Waals surface area (Å²) in [6, 6.07) is 16.3. The fourth-order valence-electron chi connectivity index (χ4n) is 4.75. The molecule has 0 spiro atoms. The van der Waals surface area contributed by atoms with Crippen molar-refractivity contribution in [1.82, 2.24) is 9.97 Å². The van der Waals surface area contributed by atoms with Gasteiger partial charge in [-0.2, -0.15) is 0 Å². The molecule has 1 aromatic heterocycles. The Hall–Kier alpha value is -4.86. The predicted octanol–water partition coefficient (Wildman–Crippen LogP) is 8.64. The van der Waals surface area contributed by atoms with Gasteiger partial charge in [0.2, 0.25) is 0 Å². The Morgan fingerprint density at radius 1 is 0.523 bits per heavy atom. The Labute approximate surface area is 250 Å². The number of halogens is 4. The van der Waals surface area contributed by atoms with Gasteiger partial charge in [-0.25, -0.2) is 27.5 Å². The van der Waals surface area contributed by atoms with E-state index >= 15 is 0 Å². The molecule has 5 aromatic rings. The van der Waals surface area contributed by atoms with Gasteiger partial charge in [0.25, 0.3) is 0 Å². The van der Waals surface area contributed by atoms with Crippen molar-refractivity contribution in [2.45, 2.75) is 51.4 Å². The van der Waals surface area contributed by atoms with Crippen LogP contribution >= 0.6 is 0 Å². The van der Waals surface area contributed by atoms with E-state index in [2.05, 4.69) is 9.97 Å². The molecule has 44 heavy (non-hydrogen) atoms. The predicted molar refractivity (Wildman–Crippen MR) is 157 cm³/mol. The summed E-state index contributed by atoms with van der Waals surface area (Å²) in [4.78, 5) is 33.0. The highest BCUT2D eigenvalue weighted by atomic mass is 19.2. The van der Waals surface area contributed by atoms with E-state index in [1.807, 2.05) is 0 Å². The second-order valence-electron chi connectivity index (χ2n) is 10.3. The van der Waals surface area contributed by atoms with Crippen LogP contribution in [0.15, 0.2) is 72.8 Å². The highest BCUT2D eigenvalue weighted by molar-refractivity contribution is 5.87. The fraction of sp³-hybridized carbons (Fsp3) is 0.235. The molecule has 10 heteroatoms. The molecule has 0 amide bonds. The molecule has 0 fully saturated rings. The summed E-state index contributed by atoms with van der Waals surface area (Å²) in [5.74, 6) is -3.43. The minimum absolute atomic E-state index is 0.113. The molecule has 0 radical (unpaired) electrons. The Balaban J connectivity index is 0.969. The number of fused-ring (bicyclic) bond motifs is 2. The van der Waals surface area contributed by atoms with Crippen LogP contribution in [-0.2, 0) is 9.59 Å². The van der Waals surface area contributed by atoms with Crippen LogP contribution in [0.3, 0.4) is 0 Å². The first-order valence-corrected chi connectivity index (χ1v) is 14.3. The third-order valence-corrected chi connectivity index (χ3v) is 7.02. The smallest absolute Gasteiger partial charge is 0.311 e. The van der Waals surface area contributed by atoms with E-state index in [1.165, 1.54) is 42.5 Å². The summed E-state index contributed by atoms with van der Waals surface area (Å²) < 4.78 is 65.3. The van der Waals surface area contributed by atoms with Crippen LogP contribution < -0.4 is 9.47 Å². The molecule has 226 valence electrons. The molecule has 0 bridgehead atoms. The molecular weight excluding hydrogens is 576 g/mol. The van der Waals surface area contributed by atoms with Gasteiger partial charge in [0.1, 0.15) is 23.1 Å². The van der Waals surface area contributed by atoms with Crippen LogP contribution in [0.25, 0.3) is 33.2 Å². The first-order valence-electron chi connectivity index (χ1n) is 14.3. The van der Waals surface area contributed by atoms with Crippen molar-refractivity contribution in [2.24, 2.45) is 0 Å². The van der Waals surface area contributed by atoms with Gasteiger partial charge in [0.15, 0.2) is 11.6 Å². The van der Waals surface area contributed by atoms with Crippen molar-refractivity contribution < 1.29 is 36.6 Å². The van der Waals surface area contributed by atoms with Crippen LogP contribution in [0.1, 0.15) is 51.4 Å². The van der Waals surface area contributed by atoms with Gasteiger partial charge in [0.05, 0.1) is 22.1 Å². The standard InChI is InChI=1S/C34H28F4N2O4/c35-22-11-9-21(10-12-22)25-15-13-23(17-26(25)36)43-33(41)7-5-3-1-2-4-6-8-34(42)44-24-14-16-29-30(18-24)40-32-20-28(38)27(37)19-31(32)39-29/h9-20H,1-8H2. The molecule has 0 aliphatic carbocycles. The lowest BCUT2D eigenvalue weighted by Crippen LogP contribution is -2.08. The number of esters is 2. The molecule has 5 rings (SSSR count). The van der Waals surface area contributed by atoms with Crippen molar-refractivity contribution in [3.8, 4) is 22.6 Å². The second kappa shape index (κ2) is 14.1. The Morgan fingerprint density at radius 3 is 1.61 bits per heavy atom. The Bertz CT molecular complexity index is 1810. The number of hydrogen-bond acceptors (Lipinski definition) is 6. The van der Waals surface area contributed by atoms with Crippen LogP contribution in [0.4, 0.5) is 17.6 Å². The fourth-order valence-corrected chi connectivity index (χ4v) is 4.75. The van der Waals surface area contributed by atoms with Crippen molar-refractivity contribution in [1.29, 1.82) is 0 Å². The normalized spacial score (nSPS) is 11.2. The number of hydrogen-bond donors (Lipinski definition) is 0. The van der Waals surface area contributed by atoms with Crippen LogP contribution in [-0.4, -0.2) is 21.9 Å². The van der Waals surface area contributed by atoms with Gasteiger partial charge in [-0.05, 0) is 54.8 Å². The number of carbonyl (C=O) groups excluding carboxylic acids is 2. The first-order chi connectivity index (χ1) is 21.2. The number of aromatic nitrogens is 2. The van der Waals surface area contributed by atoms with E-state index in [-0.39, 0.29) is 40.9 Å². The summed E-state index contributed by atoms with van der Waals surface area (Å²) in [6.45, 7) is 0. The molecule has 0 aliphatic heterocycles. The van der Waals surface area contributed by atoms with Crippen LogP contribution in [0, 0.1) is 23.3 Å². The molecule has 0 saturated heterocycles. The Morgan fingerprint density at radius 2 is 1.02 bits per heavy atom. The highest BCUT2D eigenvalue weighted by Gasteiger charge is 2.12. The zero-order valence-electron chi connectivity index (χ0n) is 23.6. The molecular formula is C34H28F4N2O4. The largest absolute Gasteiger partial charge is 0.426 e. The quantitative estimate of drug-likeness (QED) is 0.0466. The van der Waals surface area contributed by atoms with Crippen molar-refractivity contribution in [3.63, 3.8) is 0 Å². The molecule has 1 heterocycles. The van der Waals surface area contributed by atoms with Gasteiger partial charge in [-0.15, -0.1) is 0 Å². The number of unbranched alkanes of at least 4 members (excludes halogenated alkanes) is 5. The van der Waals surface area contributed by atoms with E-state index in [4.69, 9.17) is 9.47 Å². The minimum atomic E-state index is -1.02.